The Kier molecular flexibility index (Phi) is 5.09. The van der Waals surface area contributed by atoms with E-state index in [-0.39, 0.29) is 5.97 Å². The lowest BCUT2D eigenvalue weighted by molar-refractivity contribution is 0.0526. The van der Waals surface area contributed by atoms with Gasteiger partial charge in [-0.15, -0.1) is 0 Å². The Balaban J connectivity index is 1.89. The number of benzene rings is 2. The van der Waals surface area contributed by atoms with Crippen LogP contribution in [0.15, 0.2) is 71.7 Å². The monoisotopic (exact) mass is 332 g/mol. The van der Waals surface area contributed by atoms with Gasteiger partial charge in [-0.1, -0.05) is 24.3 Å². The van der Waals surface area contributed by atoms with Gasteiger partial charge in [-0.2, -0.15) is 0 Å². The van der Waals surface area contributed by atoms with Crippen molar-refractivity contribution in [1.82, 2.24) is 4.57 Å². The van der Waals surface area contributed by atoms with Gasteiger partial charge in [-0.05, 0) is 56.3 Å². The molecular weight excluding hydrogens is 312 g/mol. The number of nitrogens with zero attached hydrogens (tertiary/aromatic N) is 2. The number of para-hydroxylation sites is 1. The molecule has 25 heavy (non-hydrogen) atoms. The highest BCUT2D eigenvalue weighted by Gasteiger charge is 2.07. The molecule has 1 heterocycles. The number of ether oxygens (including phenoxy) is 1. The number of rotatable bonds is 5. The topological polar surface area (TPSA) is 43.6 Å². The van der Waals surface area contributed by atoms with Gasteiger partial charge in [0, 0.05) is 11.4 Å². The molecule has 126 valence electrons. The van der Waals surface area contributed by atoms with Gasteiger partial charge >= 0.3 is 5.97 Å². The van der Waals surface area contributed by atoms with E-state index < -0.39 is 0 Å². The standard InChI is InChI=1S/C21H20N2O2/c1-3-25-21(24)17-8-7-9-18(14-17)22-15-20-13-12-16(2)23(20)19-10-5-4-6-11-19/h4-15H,3H2,1-2H3. The average molecular weight is 332 g/mol. The van der Waals surface area contributed by atoms with E-state index in [0.717, 1.165) is 17.1 Å². The molecule has 0 radical (unpaired) electrons. The summed E-state index contributed by atoms with van der Waals surface area (Å²) in [6.45, 7) is 4.21. The minimum absolute atomic E-state index is 0.331. The van der Waals surface area contributed by atoms with Crippen molar-refractivity contribution < 1.29 is 9.53 Å². The van der Waals surface area contributed by atoms with Crippen LogP contribution in [-0.2, 0) is 4.74 Å². The molecule has 0 N–H and O–H groups in total. The fraction of sp³-hybridized carbons (Fsp3) is 0.143. The second-order valence-electron chi connectivity index (χ2n) is 5.60. The lowest BCUT2D eigenvalue weighted by Crippen LogP contribution is -2.04. The second-order valence-corrected chi connectivity index (χ2v) is 5.60. The zero-order valence-corrected chi connectivity index (χ0v) is 14.3. The van der Waals surface area contributed by atoms with Gasteiger partial charge in [0.2, 0.25) is 0 Å². The molecule has 1 aromatic heterocycles. The van der Waals surface area contributed by atoms with E-state index in [0.29, 0.717) is 17.9 Å². The molecule has 0 saturated heterocycles. The molecule has 0 unspecified atom stereocenters. The summed E-state index contributed by atoms with van der Waals surface area (Å²) in [5, 5.41) is 0. The Hall–Kier alpha value is -3.14. The molecule has 0 atom stereocenters. The van der Waals surface area contributed by atoms with Gasteiger partial charge in [0.1, 0.15) is 0 Å². The van der Waals surface area contributed by atoms with Crippen LogP contribution in [0.5, 0.6) is 0 Å². The highest BCUT2D eigenvalue weighted by Crippen LogP contribution is 2.18. The van der Waals surface area contributed by atoms with Crippen molar-refractivity contribution in [2.75, 3.05) is 6.61 Å². The summed E-state index contributed by atoms with van der Waals surface area (Å²) in [5.41, 5.74) is 4.42. The molecule has 0 aliphatic rings. The summed E-state index contributed by atoms with van der Waals surface area (Å²) in [4.78, 5) is 16.4. The number of esters is 1. The number of aliphatic imine (C=N–C) groups is 1. The molecule has 2 aromatic carbocycles. The number of hydrogen-bond donors (Lipinski definition) is 0. The molecule has 0 spiro atoms. The van der Waals surface area contributed by atoms with E-state index in [1.54, 1.807) is 25.1 Å². The third-order valence-corrected chi connectivity index (χ3v) is 3.82. The van der Waals surface area contributed by atoms with Crippen molar-refractivity contribution in [3.8, 4) is 5.69 Å². The number of carbonyl (C=O) groups is 1. The van der Waals surface area contributed by atoms with Crippen LogP contribution in [0, 0.1) is 6.92 Å². The van der Waals surface area contributed by atoms with Crippen LogP contribution in [0.3, 0.4) is 0 Å². The van der Waals surface area contributed by atoms with Crippen LogP contribution in [0.1, 0.15) is 28.7 Å². The van der Waals surface area contributed by atoms with Crippen LogP contribution in [0.4, 0.5) is 5.69 Å². The number of aryl methyl sites for hydroxylation is 1. The summed E-state index contributed by atoms with van der Waals surface area (Å²) >= 11 is 0. The number of hydrogen-bond acceptors (Lipinski definition) is 3. The maximum Gasteiger partial charge on any atom is 0.338 e. The Morgan fingerprint density at radius 3 is 2.64 bits per heavy atom. The fourth-order valence-corrected chi connectivity index (χ4v) is 2.66. The fourth-order valence-electron chi connectivity index (χ4n) is 2.66. The Morgan fingerprint density at radius 1 is 1.08 bits per heavy atom. The lowest BCUT2D eigenvalue weighted by atomic mass is 10.2. The summed E-state index contributed by atoms with van der Waals surface area (Å²) in [7, 11) is 0. The van der Waals surface area contributed by atoms with E-state index in [4.69, 9.17) is 4.74 Å². The van der Waals surface area contributed by atoms with E-state index >= 15 is 0 Å². The number of carbonyl (C=O) groups excluding carboxylic acids is 1. The minimum Gasteiger partial charge on any atom is -0.462 e. The molecule has 0 amide bonds. The first-order valence-corrected chi connectivity index (χ1v) is 8.24. The van der Waals surface area contributed by atoms with Crippen molar-refractivity contribution in [3.63, 3.8) is 0 Å². The summed E-state index contributed by atoms with van der Waals surface area (Å²) < 4.78 is 7.17. The van der Waals surface area contributed by atoms with Crippen molar-refractivity contribution in [3.05, 3.63) is 83.7 Å². The summed E-state index contributed by atoms with van der Waals surface area (Å²) in [5.74, 6) is -0.331. The predicted molar refractivity (Wildman–Crippen MR) is 100 cm³/mol. The Labute approximate surface area is 147 Å². The van der Waals surface area contributed by atoms with E-state index in [2.05, 4.69) is 34.7 Å². The van der Waals surface area contributed by atoms with Crippen molar-refractivity contribution >= 4 is 17.9 Å². The van der Waals surface area contributed by atoms with Crippen molar-refractivity contribution in [2.24, 2.45) is 4.99 Å². The quantitative estimate of drug-likeness (QED) is 0.501. The third kappa shape index (κ3) is 3.86. The predicted octanol–water partition coefficient (Wildman–Crippen LogP) is 4.71. The minimum atomic E-state index is -0.331. The van der Waals surface area contributed by atoms with E-state index in [9.17, 15) is 4.79 Å². The highest BCUT2D eigenvalue weighted by atomic mass is 16.5. The molecule has 0 bridgehead atoms. The molecule has 0 fully saturated rings. The highest BCUT2D eigenvalue weighted by molar-refractivity contribution is 5.91. The third-order valence-electron chi connectivity index (χ3n) is 3.82. The Morgan fingerprint density at radius 2 is 1.88 bits per heavy atom. The maximum atomic E-state index is 11.8. The van der Waals surface area contributed by atoms with E-state index in [1.165, 1.54) is 0 Å². The van der Waals surface area contributed by atoms with Gasteiger partial charge in [0.15, 0.2) is 0 Å². The van der Waals surface area contributed by atoms with Crippen LogP contribution in [0.25, 0.3) is 5.69 Å². The van der Waals surface area contributed by atoms with Crippen molar-refractivity contribution in [2.45, 2.75) is 13.8 Å². The first kappa shape index (κ1) is 16.7. The lowest BCUT2D eigenvalue weighted by Gasteiger charge is -2.09. The smallest absolute Gasteiger partial charge is 0.338 e. The SMILES string of the molecule is CCOC(=O)c1cccc(N=Cc2ccc(C)n2-c2ccccc2)c1. The summed E-state index contributed by atoms with van der Waals surface area (Å²) in [6, 6.07) is 21.4. The second kappa shape index (κ2) is 7.62. The molecule has 4 heteroatoms. The number of aromatic nitrogens is 1. The average Bonchev–Trinajstić information content (AvgIpc) is 3.02. The Bertz CT molecular complexity index is 895. The molecular formula is C21H20N2O2. The zero-order chi connectivity index (χ0) is 17.6. The van der Waals surface area contributed by atoms with Crippen LogP contribution in [-0.4, -0.2) is 23.4 Å². The van der Waals surface area contributed by atoms with Crippen LogP contribution in [0.2, 0.25) is 0 Å². The largest absolute Gasteiger partial charge is 0.462 e. The van der Waals surface area contributed by atoms with Crippen molar-refractivity contribution in [1.29, 1.82) is 0 Å². The van der Waals surface area contributed by atoms with Crippen LogP contribution < -0.4 is 0 Å². The van der Waals surface area contributed by atoms with Gasteiger partial charge in [0.05, 0.1) is 29.8 Å². The van der Waals surface area contributed by atoms with Gasteiger partial charge in [-0.25, -0.2) is 4.79 Å². The van der Waals surface area contributed by atoms with Gasteiger partial charge < -0.3 is 9.30 Å². The first-order chi connectivity index (χ1) is 12.2. The van der Waals surface area contributed by atoms with E-state index in [1.807, 2.05) is 36.5 Å². The van der Waals surface area contributed by atoms with Crippen LogP contribution >= 0.6 is 0 Å². The maximum absolute atomic E-state index is 11.8. The molecule has 3 aromatic rings. The molecule has 0 aliphatic carbocycles. The van der Waals surface area contributed by atoms with Gasteiger partial charge in [-0.3, -0.25) is 4.99 Å². The molecule has 0 saturated carbocycles. The normalized spacial score (nSPS) is 11.0. The molecule has 3 rings (SSSR count). The zero-order valence-electron chi connectivity index (χ0n) is 14.3. The first-order valence-electron chi connectivity index (χ1n) is 8.24. The summed E-state index contributed by atoms with van der Waals surface area (Å²) in [6.07, 6.45) is 1.81. The van der Waals surface area contributed by atoms with Gasteiger partial charge in [0.25, 0.3) is 0 Å². The molecule has 4 nitrogen and oxygen atoms in total. The molecule has 0 aliphatic heterocycles.